The molecule has 1 aliphatic heterocycles. The standard InChI is InChI=1S/C15H28N2O2/c1-4-19-14(18)15(16)7-5-13(10-15)17-8-6-11(2)9-12(17)3/h11-13H,4-10,16H2,1-3H3. The van der Waals surface area contributed by atoms with Crippen LogP contribution in [0.3, 0.4) is 0 Å². The summed E-state index contributed by atoms with van der Waals surface area (Å²) in [6, 6.07) is 1.07. The number of carbonyl (C=O) groups is 1. The van der Waals surface area contributed by atoms with Crippen molar-refractivity contribution in [2.24, 2.45) is 11.7 Å². The zero-order valence-corrected chi connectivity index (χ0v) is 12.5. The van der Waals surface area contributed by atoms with Crippen molar-refractivity contribution in [1.29, 1.82) is 0 Å². The number of carbonyl (C=O) groups excluding carboxylic acids is 1. The summed E-state index contributed by atoms with van der Waals surface area (Å²) in [5.41, 5.74) is 5.51. The van der Waals surface area contributed by atoms with E-state index in [1.807, 2.05) is 6.92 Å². The number of hydrogen-bond donors (Lipinski definition) is 1. The Morgan fingerprint density at radius 1 is 1.42 bits per heavy atom. The first-order valence-corrected chi connectivity index (χ1v) is 7.68. The highest BCUT2D eigenvalue weighted by atomic mass is 16.5. The maximum absolute atomic E-state index is 12.0. The summed E-state index contributed by atoms with van der Waals surface area (Å²) in [7, 11) is 0. The van der Waals surface area contributed by atoms with Crippen molar-refractivity contribution in [3.63, 3.8) is 0 Å². The SMILES string of the molecule is CCOC(=O)C1(N)CCC(N2CCC(C)CC2C)C1. The van der Waals surface area contributed by atoms with Gasteiger partial charge in [0, 0.05) is 12.1 Å². The molecule has 2 N–H and O–H groups in total. The van der Waals surface area contributed by atoms with Crippen LogP contribution >= 0.6 is 0 Å². The first kappa shape index (κ1) is 14.8. The monoisotopic (exact) mass is 268 g/mol. The largest absolute Gasteiger partial charge is 0.465 e. The second kappa shape index (κ2) is 5.80. The molecule has 4 atom stereocenters. The van der Waals surface area contributed by atoms with E-state index >= 15 is 0 Å². The zero-order chi connectivity index (χ0) is 14.0. The summed E-state index contributed by atoms with van der Waals surface area (Å²) in [4.78, 5) is 14.5. The van der Waals surface area contributed by atoms with Gasteiger partial charge >= 0.3 is 5.97 Å². The van der Waals surface area contributed by atoms with Crippen LogP contribution < -0.4 is 5.73 Å². The van der Waals surface area contributed by atoms with Crippen LogP contribution in [0.1, 0.15) is 52.9 Å². The summed E-state index contributed by atoms with van der Waals surface area (Å²) in [6.07, 6.45) is 5.05. The molecule has 4 unspecified atom stereocenters. The first-order chi connectivity index (χ1) is 8.96. The van der Waals surface area contributed by atoms with Crippen LogP contribution in [0.5, 0.6) is 0 Å². The molecule has 0 aromatic heterocycles. The van der Waals surface area contributed by atoms with Gasteiger partial charge in [-0.05, 0) is 58.4 Å². The molecule has 0 bridgehead atoms. The fraction of sp³-hybridized carbons (Fsp3) is 0.933. The Morgan fingerprint density at radius 2 is 2.16 bits per heavy atom. The van der Waals surface area contributed by atoms with Gasteiger partial charge in [-0.2, -0.15) is 0 Å². The van der Waals surface area contributed by atoms with Gasteiger partial charge in [0.2, 0.25) is 0 Å². The molecule has 19 heavy (non-hydrogen) atoms. The topological polar surface area (TPSA) is 55.6 Å². The summed E-state index contributed by atoms with van der Waals surface area (Å²) in [5, 5.41) is 0. The highest BCUT2D eigenvalue weighted by Crippen LogP contribution is 2.36. The minimum Gasteiger partial charge on any atom is -0.465 e. The molecule has 1 saturated heterocycles. The van der Waals surface area contributed by atoms with Crippen molar-refractivity contribution in [1.82, 2.24) is 4.90 Å². The zero-order valence-electron chi connectivity index (χ0n) is 12.5. The molecule has 0 spiro atoms. The molecule has 1 aliphatic carbocycles. The number of nitrogens with zero attached hydrogens (tertiary/aromatic N) is 1. The average Bonchev–Trinajstić information content (AvgIpc) is 2.73. The van der Waals surface area contributed by atoms with Crippen LogP contribution in [0.25, 0.3) is 0 Å². The van der Waals surface area contributed by atoms with E-state index in [0.717, 1.165) is 31.7 Å². The van der Waals surface area contributed by atoms with Crippen LogP contribution in [0.15, 0.2) is 0 Å². The van der Waals surface area contributed by atoms with Gasteiger partial charge < -0.3 is 10.5 Å². The summed E-state index contributed by atoms with van der Waals surface area (Å²) < 4.78 is 5.13. The van der Waals surface area contributed by atoms with Gasteiger partial charge in [-0.15, -0.1) is 0 Å². The fourth-order valence-corrected chi connectivity index (χ4v) is 3.76. The molecule has 1 heterocycles. The Morgan fingerprint density at radius 3 is 2.79 bits per heavy atom. The Kier molecular flexibility index (Phi) is 4.51. The maximum Gasteiger partial charge on any atom is 0.326 e. The number of likely N-dealkylation sites (tertiary alicyclic amines) is 1. The van der Waals surface area contributed by atoms with Crippen molar-refractivity contribution in [2.75, 3.05) is 13.2 Å². The fourth-order valence-electron chi connectivity index (χ4n) is 3.76. The van der Waals surface area contributed by atoms with Crippen LogP contribution in [0.2, 0.25) is 0 Å². The van der Waals surface area contributed by atoms with E-state index in [1.54, 1.807) is 0 Å². The summed E-state index contributed by atoms with van der Waals surface area (Å²) >= 11 is 0. The maximum atomic E-state index is 12.0. The van der Waals surface area contributed by atoms with Crippen LogP contribution in [0, 0.1) is 5.92 Å². The van der Waals surface area contributed by atoms with Crippen molar-refractivity contribution in [2.45, 2.75) is 70.5 Å². The van der Waals surface area contributed by atoms with Gasteiger partial charge in [-0.1, -0.05) is 6.92 Å². The lowest BCUT2D eigenvalue weighted by molar-refractivity contribution is -0.149. The van der Waals surface area contributed by atoms with Gasteiger partial charge in [0.25, 0.3) is 0 Å². The van der Waals surface area contributed by atoms with Crippen LogP contribution in [0.4, 0.5) is 0 Å². The molecule has 1 saturated carbocycles. The van der Waals surface area contributed by atoms with E-state index in [4.69, 9.17) is 10.5 Å². The summed E-state index contributed by atoms with van der Waals surface area (Å²) in [6.45, 7) is 8.03. The van der Waals surface area contributed by atoms with E-state index < -0.39 is 5.54 Å². The molecule has 2 fully saturated rings. The lowest BCUT2D eigenvalue weighted by Crippen LogP contribution is -2.50. The van der Waals surface area contributed by atoms with E-state index in [9.17, 15) is 4.79 Å². The Balaban J connectivity index is 1.96. The van der Waals surface area contributed by atoms with Gasteiger partial charge in [0.05, 0.1) is 6.61 Å². The van der Waals surface area contributed by atoms with E-state index in [2.05, 4.69) is 18.7 Å². The molecular weight excluding hydrogens is 240 g/mol. The van der Waals surface area contributed by atoms with Crippen LogP contribution in [-0.4, -0.2) is 41.6 Å². The van der Waals surface area contributed by atoms with Gasteiger partial charge in [0.15, 0.2) is 0 Å². The quantitative estimate of drug-likeness (QED) is 0.795. The second-order valence-electron chi connectivity index (χ2n) is 6.49. The van der Waals surface area contributed by atoms with E-state index in [-0.39, 0.29) is 5.97 Å². The van der Waals surface area contributed by atoms with Gasteiger partial charge in [-0.3, -0.25) is 9.69 Å². The molecule has 2 aliphatic rings. The molecule has 0 amide bonds. The van der Waals surface area contributed by atoms with Crippen molar-refractivity contribution in [3.05, 3.63) is 0 Å². The lowest BCUT2D eigenvalue weighted by atomic mass is 9.91. The Bertz CT molecular complexity index is 334. The molecule has 0 aromatic carbocycles. The minimum absolute atomic E-state index is 0.212. The van der Waals surface area contributed by atoms with Crippen molar-refractivity contribution >= 4 is 5.97 Å². The second-order valence-corrected chi connectivity index (χ2v) is 6.49. The molecule has 110 valence electrons. The third kappa shape index (κ3) is 3.11. The molecule has 4 heteroatoms. The predicted molar refractivity (Wildman–Crippen MR) is 75.8 cm³/mol. The third-order valence-corrected chi connectivity index (χ3v) is 4.86. The normalized spacial score (nSPS) is 40.3. The molecule has 2 rings (SSSR count). The molecule has 0 radical (unpaired) electrons. The lowest BCUT2D eigenvalue weighted by Gasteiger charge is -2.40. The number of piperidine rings is 1. The van der Waals surface area contributed by atoms with Crippen molar-refractivity contribution in [3.8, 4) is 0 Å². The number of ether oxygens (including phenoxy) is 1. The molecule has 4 nitrogen and oxygen atoms in total. The number of nitrogens with two attached hydrogens (primary N) is 1. The first-order valence-electron chi connectivity index (χ1n) is 7.68. The Labute approximate surface area is 116 Å². The summed E-state index contributed by atoms with van der Waals surface area (Å²) in [5.74, 6) is 0.607. The highest BCUT2D eigenvalue weighted by molar-refractivity contribution is 5.81. The molecule has 0 aromatic rings. The van der Waals surface area contributed by atoms with E-state index in [1.165, 1.54) is 12.8 Å². The highest BCUT2D eigenvalue weighted by Gasteiger charge is 2.46. The molecular formula is C15H28N2O2. The number of hydrogen-bond acceptors (Lipinski definition) is 4. The third-order valence-electron chi connectivity index (χ3n) is 4.86. The van der Waals surface area contributed by atoms with Gasteiger partial charge in [0.1, 0.15) is 5.54 Å². The van der Waals surface area contributed by atoms with Crippen LogP contribution in [-0.2, 0) is 9.53 Å². The number of esters is 1. The predicted octanol–water partition coefficient (Wildman–Crippen LogP) is 1.92. The van der Waals surface area contributed by atoms with Crippen molar-refractivity contribution < 1.29 is 9.53 Å². The average molecular weight is 268 g/mol. The van der Waals surface area contributed by atoms with E-state index in [0.29, 0.717) is 18.7 Å². The number of rotatable bonds is 3. The van der Waals surface area contributed by atoms with Gasteiger partial charge in [-0.25, -0.2) is 0 Å². The minimum atomic E-state index is -0.747. The Hall–Kier alpha value is -0.610. The smallest absolute Gasteiger partial charge is 0.326 e.